The van der Waals surface area contributed by atoms with E-state index in [-0.39, 0.29) is 19.0 Å². The first-order chi connectivity index (χ1) is 8.09. The quantitative estimate of drug-likeness (QED) is 0.484. The summed E-state index contributed by atoms with van der Waals surface area (Å²) in [6, 6.07) is -0.353. The summed E-state index contributed by atoms with van der Waals surface area (Å²) < 4.78 is 0. The molecule has 1 aliphatic rings. The number of carboxylic acid groups (broad SMARTS) is 1. The van der Waals surface area contributed by atoms with E-state index in [4.69, 9.17) is 5.11 Å². The Bertz CT molecular complexity index is 266. The zero-order valence-corrected chi connectivity index (χ0v) is 9.82. The van der Waals surface area contributed by atoms with E-state index in [9.17, 15) is 14.7 Å². The summed E-state index contributed by atoms with van der Waals surface area (Å²) in [5.74, 6) is -0.546. The van der Waals surface area contributed by atoms with E-state index in [1.54, 1.807) is 0 Å². The fourth-order valence-electron chi connectivity index (χ4n) is 1.69. The molecular formula is C11H20N2O4. The molecule has 1 aliphatic carbocycles. The molecule has 1 fully saturated rings. The molecule has 1 saturated carbocycles. The van der Waals surface area contributed by atoms with Gasteiger partial charge >= 0.3 is 12.0 Å². The summed E-state index contributed by atoms with van der Waals surface area (Å²) in [5, 5.41) is 23.1. The molecule has 17 heavy (non-hydrogen) atoms. The van der Waals surface area contributed by atoms with Crippen LogP contribution in [0.1, 0.15) is 32.1 Å². The van der Waals surface area contributed by atoms with Crippen molar-refractivity contribution in [2.24, 2.45) is 5.92 Å². The smallest absolute Gasteiger partial charge is 0.314 e. The maximum Gasteiger partial charge on any atom is 0.314 e. The zero-order valence-electron chi connectivity index (χ0n) is 9.82. The molecule has 0 aliphatic heterocycles. The van der Waals surface area contributed by atoms with Crippen LogP contribution >= 0.6 is 0 Å². The standard InChI is InChI=1S/C11H20N2O4/c14-9(8-3-1-4-8)7-13-11(17)12-6-2-5-10(15)16/h8-9,14H,1-7H2,(H,15,16)(H2,12,13,17). The molecule has 6 nitrogen and oxygen atoms in total. The van der Waals surface area contributed by atoms with E-state index in [0.717, 1.165) is 19.3 Å². The van der Waals surface area contributed by atoms with Gasteiger partial charge in [0.25, 0.3) is 0 Å². The lowest BCUT2D eigenvalue weighted by Gasteiger charge is -2.30. The Morgan fingerprint density at radius 1 is 1.29 bits per heavy atom. The molecule has 2 amide bonds. The van der Waals surface area contributed by atoms with Crippen LogP contribution in [0.4, 0.5) is 4.79 Å². The minimum Gasteiger partial charge on any atom is -0.481 e. The largest absolute Gasteiger partial charge is 0.481 e. The minimum absolute atomic E-state index is 0.0466. The third-order valence-corrected chi connectivity index (χ3v) is 3.02. The molecule has 0 saturated heterocycles. The van der Waals surface area contributed by atoms with Gasteiger partial charge in [-0.3, -0.25) is 4.79 Å². The summed E-state index contributed by atoms with van der Waals surface area (Å²) in [6.07, 6.45) is 3.21. The van der Waals surface area contributed by atoms with Gasteiger partial charge in [-0.25, -0.2) is 4.79 Å². The Labute approximate surface area is 100 Å². The maximum atomic E-state index is 11.2. The highest BCUT2D eigenvalue weighted by molar-refractivity contribution is 5.73. The monoisotopic (exact) mass is 244 g/mol. The number of carbonyl (C=O) groups excluding carboxylic acids is 1. The van der Waals surface area contributed by atoms with Crippen LogP contribution < -0.4 is 10.6 Å². The first-order valence-electron chi connectivity index (χ1n) is 6.01. The number of aliphatic carboxylic acids is 1. The molecule has 6 heteroatoms. The molecule has 0 aromatic rings. The van der Waals surface area contributed by atoms with E-state index in [2.05, 4.69) is 10.6 Å². The van der Waals surface area contributed by atoms with Crippen molar-refractivity contribution in [3.63, 3.8) is 0 Å². The fourth-order valence-corrected chi connectivity index (χ4v) is 1.69. The number of rotatable bonds is 7. The van der Waals surface area contributed by atoms with Crippen LogP contribution in [-0.4, -0.2) is 41.4 Å². The zero-order chi connectivity index (χ0) is 12.7. The lowest BCUT2D eigenvalue weighted by molar-refractivity contribution is -0.137. The Kier molecular flexibility index (Phi) is 5.76. The van der Waals surface area contributed by atoms with E-state index < -0.39 is 12.1 Å². The molecule has 1 rings (SSSR count). The lowest BCUT2D eigenvalue weighted by atomic mass is 9.81. The van der Waals surface area contributed by atoms with E-state index in [1.807, 2.05) is 0 Å². The average molecular weight is 244 g/mol. The number of carbonyl (C=O) groups is 2. The van der Waals surface area contributed by atoms with Gasteiger partial charge in [0, 0.05) is 19.5 Å². The number of hydrogen-bond donors (Lipinski definition) is 4. The Morgan fingerprint density at radius 2 is 2.00 bits per heavy atom. The van der Waals surface area contributed by atoms with Crippen molar-refractivity contribution in [1.29, 1.82) is 0 Å². The highest BCUT2D eigenvalue weighted by atomic mass is 16.4. The molecule has 0 bridgehead atoms. The second-order valence-corrected chi connectivity index (χ2v) is 4.39. The first-order valence-corrected chi connectivity index (χ1v) is 6.01. The second kappa shape index (κ2) is 7.11. The second-order valence-electron chi connectivity index (χ2n) is 4.39. The average Bonchev–Trinajstić information content (AvgIpc) is 2.18. The van der Waals surface area contributed by atoms with Crippen LogP contribution in [0, 0.1) is 5.92 Å². The Balaban J connectivity index is 1.98. The van der Waals surface area contributed by atoms with Crippen molar-refractivity contribution in [2.75, 3.05) is 13.1 Å². The van der Waals surface area contributed by atoms with Gasteiger partial charge in [-0.05, 0) is 25.2 Å². The molecule has 1 unspecified atom stereocenters. The number of aliphatic hydroxyl groups is 1. The number of amides is 2. The molecule has 0 aromatic carbocycles. The molecule has 98 valence electrons. The van der Waals surface area contributed by atoms with E-state index in [1.165, 1.54) is 0 Å². The van der Waals surface area contributed by atoms with Crippen molar-refractivity contribution in [1.82, 2.24) is 10.6 Å². The van der Waals surface area contributed by atoms with Gasteiger partial charge in [0.2, 0.25) is 0 Å². The third-order valence-electron chi connectivity index (χ3n) is 3.02. The first kappa shape index (κ1) is 13.8. The SMILES string of the molecule is O=C(O)CCCNC(=O)NCC(O)C1CCC1. The van der Waals surface area contributed by atoms with E-state index >= 15 is 0 Å². The van der Waals surface area contributed by atoms with Gasteiger partial charge in [0.1, 0.15) is 0 Å². The topological polar surface area (TPSA) is 98.7 Å². The molecule has 0 radical (unpaired) electrons. The number of carboxylic acids is 1. The highest BCUT2D eigenvalue weighted by Gasteiger charge is 2.25. The summed E-state index contributed by atoms with van der Waals surface area (Å²) in [7, 11) is 0. The molecule has 1 atom stereocenters. The molecule has 0 aromatic heterocycles. The molecule has 4 N–H and O–H groups in total. The van der Waals surface area contributed by atoms with Crippen LogP contribution in [0.15, 0.2) is 0 Å². The van der Waals surface area contributed by atoms with Crippen LogP contribution in [0.3, 0.4) is 0 Å². The van der Waals surface area contributed by atoms with Crippen molar-refractivity contribution in [2.45, 2.75) is 38.2 Å². The molecule has 0 heterocycles. The van der Waals surface area contributed by atoms with E-state index in [0.29, 0.717) is 18.9 Å². The molecular weight excluding hydrogens is 224 g/mol. The number of urea groups is 1. The Morgan fingerprint density at radius 3 is 2.53 bits per heavy atom. The lowest BCUT2D eigenvalue weighted by Crippen LogP contribution is -2.43. The predicted molar refractivity (Wildman–Crippen MR) is 61.6 cm³/mol. The van der Waals surface area contributed by atoms with Crippen molar-refractivity contribution >= 4 is 12.0 Å². The predicted octanol–water partition coefficient (Wildman–Crippen LogP) is 0.311. The van der Waals surface area contributed by atoms with Gasteiger partial charge in [0.15, 0.2) is 0 Å². The van der Waals surface area contributed by atoms with Crippen LogP contribution in [0.25, 0.3) is 0 Å². The maximum absolute atomic E-state index is 11.2. The summed E-state index contributed by atoms with van der Waals surface area (Å²) in [5.41, 5.74) is 0. The summed E-state index contributed by atoms with van der Waals surface area (Å²) in [4.78, 5) is 21.5. The van der Waals surface area contributed by atoms with Gasteiger partial charge in [-0.2, -0.15) is 0 Å². The number of aliphatic hydroxyl groups excluding tert-OH is 1. The van der Waals surface area contributed by atoms with Gasteiger partial charge in [-0.1, -0.05) is 6.42 Å². The van der Waals surface area contributed by atoms with Crippen LogP contribution in [0.2, 0.25) is 0 Å². The normalized spacial score (nSPS) is 17.0. The van der Waals surface area contributed by atoms with Crippen LogP contribution in [0.5, 0.6) is 0 Å². The number of hydrogen-bond acceptors (Lipinski definition) is 3. The summed E-state index contributed by atoms with van der Waals surface area (Å²) in [6.45, 7) is 0.590. The van der Waals surface area contributed by atoms with Crippen molar-refractivity contribution < 1.29 is 19.8 Å². The van der Waals surface area contributed by atoms with Crippen molar-refractivity contribution in [3.8, 4) is 0 Å². The fraction of sp³-hybridized carbons (Fsp3) is 0.818. The van der Waals surface area contributed by atoms with Crippen LogP contribution in [-0.2, 0) is 4.79 Å². The van der Waals surface area contributed by atoms with Gasteiger partial charge in [0.05, 0.1) is 6.10 Å². The summed E-state index contributed by atoms with van der Waals surface area (Å²) >= 11 is 0. The van der Waals surface area contributed by atoms with Gasteiger partial charge in [-0.15, -0.1) is 0 Å². The van der Waals surface area contributed by atoms with Gasteiger partial charge < -0.3 is 20.8 Å². The minimum atomic E-state index is -0.868. The number of nitrogens with one attached hydrogen (secondary N) is 2. The Hall–Kier alpha value is -1.30. The third kappa shape index (κ3) is 5.53. The van der Waals surface area contributed by atoms with Crippen molar-refractivity contribution in [3.05, 3.63) is 0 Å². The molecule has 0 spiro atoms. The highest BCUT2D eigenvalue weighted by Crippen LogP contribution is 2.29.